The third kappa shape index (κ3) is 4.09. The Bertz CT molecular complexity index is 789. The second kappa shape index (κ2) is 7.59. The Morgan fingerprint density at radius 1 is 1.07 bits per heavy atom. The molecular weight excluding hydrogens is 360 g/mol. The average molecular weight is 399 g/mol. The minimum Gasteiger partial charge on any atom is -0.490 e. The van der Waals surface area contributed by atoms with Crippen LogP contribution >= 0.6 is 0 Å². The van der Waals surface area contributed by atoms with Crippen molar-refractivity contribution in [2.75, 3.05) is 6.61 Å². The van der Waals surface area contributed by atoms with Gasteiger partial charge in [0.25, 0.3) is 0 Å². The van der Waals surface area contributed by atoms with Crippen molar-refractivity contribution < 1.29 is 4.74 Å². The quantitative estimate of drug-likeness (QED) is 0.421. The van der Waals surface area contributed by atoms with Gasteiger partial charge >= 0.3 is 0 Å². The van der Waals surface area contributed by atoms with Gasteiger partial charge in [-0.2, -0.15) is 0 Å². The zero-order chi connectivity index (χ0) is 20.6. The van der Waals surface area contributed by atoms with E-state index in [4.69, 9.17) is 4.74 Å². The molecule has 2 rings (SSSR count). The van der Waals surface area contributed by atoms with Gasteiger partial charge in [-0.1, -0.05) is 100 Å². The maximum atomic E-state index is 6.44. The van der Waals surface area contributed by atoms with Gasteiger partial charge in [-0.3, -0.25) is 0 Å². The van der Waals surface area contributed by atoms with Gasteiger partial charge in [0.1, 0.15) is 20.4 Å². The van der Waals surface area contributed by atoms with Crippen molar-refractivity contribution in [2.24, 2.45) is 0 Å². The lowest BCUT2D eigenvalue weighted by atomic mass is 10.2. The van der Waals surface area contributed by atoms with E-state index in [1.165, 1.54) is 21.5 Å². The van der Waals surface area contributed by atoms with Crippen LogP contribution in [0.25, 0.3) is 0 Å². The molecule has 0 unspecified atom stereocenters. The molecule has 1 aliphatic carbocycles. The molecule has 0 aliphatic heterocycles. The van der Waals surface area contributed by atoms with Crippen molar-refractivity contribution in [1.29, 1.82) is 0 Å². The molecule has 0 spiro atoms. The van der Waals surface area contributed by atoms with Gasteiger partial charge in [0.15, 0.2) is 0 Å². The fourth-order valence-corrected chi connectivity index (χ4v) is 9.61. The van der Waals surface area contributed by atoms with Crippen molar-refractivity contribution in [3.05, 3.63) is 53.3 Å². The largest absolute Gasteiger partial charge is 0.490 e. The van der Waals surface area contributed by atoms with E-state index in [0.29, 0.717) is 6.61 Å². The third-order valence-corrected chi connectivity index (χ3v) is 16.0. The summed E-state index contributed by atoms with van der Waals surface area (Å²) in [6.07, 6.45) is 7.57. The summed E-state index contributed by atoms with van der Waals surface area (Å²) in [5, 5.41) is 4.83. The van der Waals surface area contributed by atoms with E-state index >= 15 is 0 Å². The maximum Gasteiger partial charge on any atom is 0.118 e. The summed E-state index contributed by atoms with van der Waals surface area (Å²) >= 11 is 0. The van der Waals surface area contributed by atoms with Crippen molar-refractivity contribution in [1.82, 2.24) is 0 Å². The molecule has 0 aromatic heterocycles. The molecule has 1 aromatic carbocycles. The Kier molecular flexibility index (Phi) is 6.18. The lowest BCUT2D eigenvalue weighted by Gasteiger charge is -2.40. The molecule has 0 fully saturated rings. The highest BCUT2D eigenvalue weighted by atomic mass is 28.3. The Hall–Kier alpha value is -1.33. The normalized spacial score (nSPS) is 15.4. The molecule has 1 aromatic rings. The van der Waals surface area contributed by atoms with Crippen LogP contribution in [0, 0.1) is 6.92 Å². The Labute approximate surface area is 169 Å². The van der Waals surface area contributed by atoms with E-state index in [1.54, 1.807) is 5.20 Å². The highest BCUT2D eigenvalue weighted by Crippen LogP contribution is 2.38. The number of rotatable bonds is 6. The lowest BCUT2D eigenvalue weighted by molar-refractivity contribution is 0.368. The highest BCUT2D eigenvalue weighted by molar-refractivity contribution is 6.98. The molecule has 0 radical (unpaired) electrons. The topological polar surface area (TPSA) is 9.23 Å². The first-order valence-electron chi connectivity index (χ1n) is 10.1. The van der Waals surface area contributed by atoms with Crippen LogP contribution in [0.5, 0.6) is 5.75 Å². The van der Waals surface area contributed by atoms with E-state index in [9.17, 15) is 0 Å². The van der Waals surface area contributed by atoms with Crippen LogP contribution in [0.2, 0.25) is 31.2 Å². The van der Waals surface area contributed by atoms with Crippen LogP contribution in [0.3, 0.4) is 0 Å². The minimum absolute atomic E-state index is 0.264. The summed E-state index contributed by atoms with van der Waals surface area (Å²) in [4.78, 5) is 0. The highest BCUT2D eigenvalue weighted by Gasteiger charge is 2.42. The van der Waals surface area contributed by atoms with E-state index in [0.717, 1.165) is 12.2 Å². The predicted octanol–water partition coefficient (Wildman–Crippen LogP) is 6.01. The first-order valence-corrected chi connectivity index (χ1v) is 16.1. The zero-order valence-corrected chi connectivity index (χ0v) is 20.9. The molecule has 148 valence electrons. The smallest absolute Gasteiger partial charge is 0.118 e. The van der Waals surface area contributed by atoms with E-state index in [2.05, 4.69) is 91.7 Å². The van der Waals surface area contributed by atoms with E-state index in [1.807, 2.05) is 6.08 Å². The number of aryl methyl sites for hydroxylation is 1. The second-order valence-electron chi connectivity index (χ2n) is 10.1. The molecule has 0 atom stereocenters. The minimum atomic E-state index is -1.82. The van der Waals surface area contributed by atoms with Crippen LogP contribution in [-0.4, -0.2) is 22.8 Å². The Morgan fingerprint density at radius 2 is 1.67 bits per heavy atom. The van der Waals surface area contributed by atoms with E-state index < -0.39 is 16.1 Å². The number of benzene rings is 1. The summed E-state index contributed by atoms with van der Waals surface area (Å²) in [5.41, 5.74) is 2.82. The fourth-order valence-electron chi connectivity index (χ4n) is 3.93. The van der Waals surface area contributed by atoms with E-state index in [-0.39, 0.29) is 5.04 Å². The molecular formula is C24H38OSi2. The van der Waals surface area contributed by atoms with Gasteiger partial charge < -0.3 is 4.74 Å². The van der Waals surface area contributed by atoms with Gasteiger partial charge in [0.2, 0.25) is 0 Å². The maximum absolute atomic E-state index is 6.44. The first kappa shape index (κ1) is 22.0. The van der Waals surface area contributed by atoms with Gasteiger partial charge in [0.05, 0.1) is 8.07 Å². The number of hydrogen-bond acceptors (Lipinski definition) is 1. The molecule has 0 amide bonds. The summed E-state index contributed by atoms with van der Waals surface area (Å²) in [6, 6.07) is 4.80. The molecule has 3 heteroatoms. The summed E-state index contributed by atoms with van der Waals surface area (Å²) in [6.45, 7) is 26.1. The van der Waals surface area contributed by atoms with Crippen LogP contribution in [-0.2, 0) is 0 Å². The van der Waals surface area contributed by atoms with Crippen molar-refractivity contribution in [2.45, 2.75) is 72.3 Å². The molecule has 0 saturated carbocycles. The Morgan fingerprint density at radius 3 is 2.15 bits per heavy atom. The predicted molar refractivity (Wildman–Crippen MR) is 127 cm³/mol. The lowest BCUT2D eigenvalue weighted by Crippen LogP contribution is -2.54. The number of allylic oxidation sites excluding steroid dienone is 4. The zero-order valence-electron chi connectivity index (χ0n) is 18.9. The summed E-state index contributed by atoms with van der Waals surface area (Å²) in [5.74, 6) is 1.16. The van der Waals surface area contributed by atoms with Crippen molar-refractivity contribution in [3.63, 3.8) is 0 Å². The Balaban J connectivity index is 2.78. The van der Waals surface area contributed by atoms with Gasteiger partial charge in [-0.25, -0.2) is 0 Å². The molecule has 1 aliphatic rings. The third-order valence-electron chi connectivity index (χ3n) is 6.72. The fraction of sp³-hybridized carbons (Fsp3) is 0.500. The summed E-state index contributed by atoms with van der Waals surface area (Å²) in [7, 11) is -3.57. The second-order valence-corrected chi connectivity index (χ2v) is 19.7. The van der Waals surface area contributed by atoms with Gasteiger partial charge in [0, 0.05) is 0 Å². The number of ether oxygens (including phenoxy) is 1. The van der Waals surface area contributed by atoms with Crippen LogP contribution in [0.15, 0.2) is 47.7 Å². The van der Waals surface area contributed by atoms with Gasteiger partial charge in [-0.05, 0) is 35.7 Å². The first-order chi connectivity index (χ1) is 12.3. The van der Waals surface area contributed by atoms with Crippen LogP contribution in [0.4, 0.5) is 0 Å². The van der Waals surface area contributed by atoms with Crippen LogP contribution < -0.4 is 15.1 Å². The molecule has 0 saturated heterocycles. The van der Waals surface area contributed by atoms with Gasteiger partial charge in [-0.15, -0.1) is 0 Å². The molecule has 0 bridgehead atoms. The summed E-state index contributed by atoms with van der Waals surface area (Å²) < 4.78 is 6.44. The van der Waals surface area contributed by atoms with Crippen LogP contribution in [0.1, 0.15) is 39.7 Å². The molecule has 0 N–H and O–H groups in total. The average Bonchev–Trinajstić information content (AvgIpc) is 2.98. The monoisotopic (exact) mass is 398 g/mol. The standard InChI is InChI=1S/C24H38OSi2/c1-11-15-25-23-21(26(7,8)20-14-12-13-19(20)3)16-18(2)17-22(23)27(9,10)24(4,5)6/h11-13,16-17H,1,14-15H2,2-10H3. The molecule has 1 nitrogen and oxygen atoms in total. The molecule has 0 heterocycles. The van der Waals surface area contributed by atoms with Crippen molar-refractivity contribution >= 4 is 26.5 Å². The number of hydrogen-bond donors (Lipinski definition) is 0. The van der Waals surface area contributed by atoms with Crippen molar-refractivity contribution in [3.8, 4) is 5.75 Å². The SMILES string of the molecule is C=CCOc1c([Si](C)(C)C2=C(C)C=CC2)cc(C)cc1[Si](C)(C)C(C)(C)C. The molecule has 27 heavy (non-hydrogen) atoms.